The van der Waals surface area contributed by atoms with E-state index in [2.05, 4.69) is 4.98 Å². The molecule has 0 saturated carbocycles. The Morgan fingerprint density at radius 1 is 1.12 bits per heavy atom. The van der Waals surface area contributed by atoms with E-state index in [1.807, 2.05) is 9.80 Å². The quantitative estimate of drug-likeness (QED) is 0.629. The Bertz CT molecular complexity index is 939. The Kier molecular flexibility index (Phi) is 4.79. The van der Waals surface area contributed by atoms with Crippen LogP contribution in [0.1, 0.15) is 5.56 Å². The van der Waals surface area contributed by atoms with Gasteiger partial charge in [0.05, 0.1) is 10.6 Å². The zero-order chi connectivity index (χ0) is 18.9. The van der Waals surface area contributed by atoms with E-state index in [0.29, 0.717) is 43.2 Å². The summed E-state index contributed by atoms with van der Waals surface area (Å²) in [4.78, 5) is 19.0. The number of piperazine rings is 1. The molecule has 2 heterocycles. The molecule has 1 aromatic carbocycles. The third-order valence-electron chi connectivity index (χ3n) is 4.38. The second kappa shape index (κ2) is 6.89. The summed E-state index contributed by atoms with van der Waals surface area (Å²) >= 11 is 0. The van der Waals surface area contributed by atoms with Crippen molar-refractivity contribution < 1.29 is 13.3 Å². The number of nitrogens with zero attached hydrogens (tertiary/aromatic N) is 4. The number of nitrogens with two attached hydrogens (primary N) is 1. The van der Waals surface area contributed by atoms with Crippen molar-refractivity contribution in [2.75, 3.05) is 36.0 Å². The zero-order valence-electron chi connectivity index (χ0n) is 14.2. The number of hydrogen-bond donors (Lipinski definition) is 1. The van der Waals surface area contributed by atoms with E-state index in [-0.39, 0.29) is 10.6 Å². The van der Waals surface area contributed by atoms with E-state index in [4.69, 9.17) is 5.14 Å². The van der Waals surface area contributed by atoms with Crippen molar-refractivity contribution in [3.8, 4) is 0 Å². The van der Waals surface area contributed by atoms with Crippen LogP contribution in [0.25, 0.3) is 0 Å². The van der Waals surface area contributed by atoms with Gasteiger partial charge in [-0.3, -0.25) is 10.1 Å². The van der Waals surface area contributed by atoms with Gasteiger partial charge in [0.2, 0.25) is 15.8 Å². The molecule has 0 unspecified atom stereocenters. The first-order chi connectivity index (χ1) is 12.3. The number of aryl methyl sites for hydroxylation is 1. The van der Waals surface area contributed by atoms with Gasteiger partial charge in [-0.05, 0) is 25.1 Å². The van der Waals surface area contributed by atoms with Crippen molar-refractivity contribution in [1.29, 1.82) is 0 Å². The fourth-order valence-electron chi connectivity index (χ4n) is 3.11. The Labute approximate surface area is 151 Å². The fourth-order valence-corrected chi connectivity index (χ4v) is 3.87. The number of anilines is 2. The first-order valence-electron chi connectivity index (χ1n) is 8.01. The Balaban J connectivity index is 1.84. The summed E-state index contributed by atoms with van der Waals surface area (Å²) in [7, 11) is -3.83. The predicted octanol–water partition coefficient (Wildman–Crippen LogP) is 1.27. The van der Waals surface area contributed by atoms with Gasteiger partial charge in [0, 0.05) is 37.9 Å². The number of benzene rings is 1. The molecule has 138 valence electrons. The summed E-state index contributed by atoms with van der Waals surface area (Å²) in [5.41, 5.74) is 1.11. The van der Waals surface area contributed by atoms with Crippen LogP contribution in [0.4, 0.5) is 17.2 Å². The highest BCUT2D eigenvalue weighted by molar-refractivity contribution is 7.89. The molecule has 2 aromatic rings. The summed E-state index contributed by atoms with van der Waals surface area (Å²) < 4.78 is 23.6. The van der Waals surface area contributed by atoms with Gasteiger partial charge in [0.25, 0.3) is 0 Å². The van der Waals surface area contributed by atoms with Crippen molar-refractivity contribution in [2.45, 2.75) is 11.8 Å². The minimum absolute atomic E-state index is 0.00545. The molecule has 1 saturated heterocycles. The van der Waals surface area contributed by atoms with Crippen molar-refractivity contribution in [3.05, 3.63) is 52.2 Å². The first kappa shape index (κ1) is 18.1. The Morgan fingerprint density at radius 3 is 2.35 bits per heavy atom. The van der Waals surface area contributed by atoms with Crippen LogP contribution in [0.15, 0.2) is 41.4 Å². The molecular formula is C16H19N5O4S. The van der Waals surface area contributed by atoms with Crippen LogP contribution < -0.4 is 14.9 Å². The van der Waals surface area contributed by atoms with E-state index in [9.17, 15) is 18.5 Å². The van der Waals surface area contributed by atoms with E-state index in [0.717, 1.165) is 0 Å². The molecule has 0 aliphatic carbocycles. The van der Waals surface area contributed by atoms with Crippen LogP contribution in [0.2, 0.25) is 0 Å². The van der Waals surface area contributed by atoms with Crippen LogP contribution in [0, 0.1) is 17.0 Å². The van der Waals surface area contributed by atoms with Gasteiger partial charge in [0.15, 0.2) is 0 Å². The molecule has 26 heavy (non-hydrogen) atoms. The van der Waals surface area contributed by atoms with E-state index >= 15 is 0 Å². The maximum atomic E-state index is 11.8. The van der Waals surface area contributed by atoms with Gasteiger partial charge in [-0.1, -0.05) is 12.1 Å². The molecule has 1 aliphatic rings. The van der Waals surface area contributed by atoms with Crippen LogP contribution in [0.5, 0.6) is 0 Å². The lowest BCUT2D eigenvalue weighted by atomic mass is 10.2. The minimum atomic E-state index is -3.83. The number of aromatic nitrogens is 1. The SMILES string of the molecule is Cc1ccnc(N2CCN(c3ccccc3S(N)(=O)=O)CC2)c1[N+](=O)[O-]. The summed E-state index contributed by atoms with van der Waals surface area (Å²) in [6.07, 6.45) is 1.56. The average Bonchev–Trinajstić information content (AvgIpc) is 2.60. The van der Waals surface area contributed by atoms with Crippen LogP contribution in [-0.4, -0.2) is 44.5 Å². The first-order valence-corrected chi connectivity index (χ1v) is 9.55. The highest BCUT2D eigenvalue weighted by Gasteiger charge is 2.28. The second-order valence-electron chi connectivity index (χ2n) is 6.04. The topological polar surface area (TPSA) is 123 Å². The lowest BCUT2D eigenvalue weighted by molar-refractivity contribution is -0.384. The lowest BCUT2D eigenvalue weighted by Gasteiger charge is -2.37. The lowest BCUT2D eigenvalue weighted by Crippen LogP contribution is -2.47. The summed E-state index contributed by atoms with van der Waals surface area (Å²) in [6.45, 7) is 3.65. The van der Waals surface area contributed by atoms with E-state index < -0.39 is 14.9 Å². The molecule has 1 aromatic heterocycles. The maximum Gasteiger partial charge on any atom is 0.314 e. The number of rotatable bonds is 4. The molecular weight excluding hydrogens is 358 g/mol. The van der Waals surface area contributed by atoms with Gasteiger partial charge >= 0.3 is 5.69 Å². The average molecular weight is 377 g/mol. The standard InChI is InChI=1S/C16H19N5O4S/c1-12-6-7-18-16(15(12)21(22)23)20-10-8-19(9-11-20)13-4-2-3-5-14(13)26(17,24)25/h2-7H,8-11H2,1H3,(H2,17,24,25). The summed E-state index contributed by atoms with van der Waals surface area (Å²) in [5, 5.41) is 16.7. The highest BCUT2D eigenvalue weighted by Crippen LogP contribution is 2.31. The monoisotopic (exact) mass is 377 g/mol. The zero-order valence-corrected chi connectivity index (χ0v) is 15.0. The molecule has 10 heteroatoms. The molecule has 0 radical (unpaired) electrons. The number of primary sulfonamides is 1. The van der Waals surface area contributed by atoms with Crippen molar-refractivity contribution in [3.63, 3.8) is 0 Å². The molecule has 2 N–H and O–H groups in total. The second-order valence-corrected chi connectivity index (χ2v) is 7.57. The van der Waals surface area contributed by atoms with Gasteiger partial charge in [-0.25, -0.2) is 18.5 Å². The number of para-hydroxylation sites is 1. The minimum Gasteiger partial charge on any atom is -0.367 e. The summed E-state index contributed by atoms with van der Waals surface area (Å²) in [5.74, 6) is 0.342. The predicted molar refractivity (Wildman–Crippen MR) is 97.9 cm³/mol. The largest absolute Gasteiger partial charge is 0.367 e. The number of nitro groups is 1. The normalized spacial score (nSPS) is 15.2. The molecule has 0 atom stereocenters. The number of sulfonamides is 1. The van der Waals surface area contributed by atoms with Crippen LogP contribution >= 0.6 is 0 Å². The van der Waals surface area contributed by atoms with E-state index in [1.165, 1.54) is 6.07 Å². The number of pyridine rings is 1. The summed E-state index contributed by atoms with van der Waals surface area (Å²) in [6, 6.07) is 8.18. The van der Waals surface area contributed by atoms with Gasteiger partial charge in [-0.15, -0.1) is 0 Å². The molecule has 0 spiro atoms. The van der Waals surface area contributed by atoms with Gasteiger partial charge in [-0.2, -0.15) is 0 Å². The Morgan fingerprint density at radius 2 is 1.73 bits per heavy atom. The highest BCUT2D eigenvalue weighted by atomic mass is 32.2. The third-order valence-corrected chi connectivity index (χ3v) is 5.34. The molecule has 9 nitrogen and oxygen atoms in total. The van der Waals surface area contributed by atoms with Crippen LogP contribution in [-0.2, 0) is 10.0 Å². The maximum absolute atomic E-state index is 11.8. The Hall–Kier alpha value is -2.72. The van der Waals surface area contributed by atoms with Crippen molar-refractivity contribution in [2.24, 2.45) is 5.14 Å². The van der Waals surface area contributed by atoms with Gasteiger partial charge in [0.1, 0.15) is 4.90 Å². The molecule has 0 bridgehead atoms. The van der Waals surface area contributed by atoms with Gasteiger partial charge < -0.3 is 9.80 Å². The molecule has 1 fully saturated rings. The van der Waals surface area contributed by atoms with Crippen molar-refractivity contribution in [1.82, 2.24) is 4.98 Å². The molecule has 3 rings (SSSR count). The van der Waals surface area contributed by atoms with Crippen LogP contribution in [0.3, 0.4) is 0 Å². The number of hydrogen-bond acceptors (Lipinski definition) is 7. The fraction of sp³-hybridized carbons (Fsp3) is 0.312. The third kappa shape index (κ3) is 3.46. The van der Waals surface area contributed by atoms with E-state index in [1.54, 1.807) is 37.4 Å². The molecule has 0 amide bonds. The van der Waals surface area contributed by atoms with Crippen molar-refractivity contribution >= 4 is 27.2 Å². The molecule has 1 aliphatic heterocycles. The smallest absolute Gasteiger partial charge is 0.314 e.